The minimum Gasteiger partial charge on any atom is -0.472 e. The number of nitrogens with zero attached hydrogens (tertiary/aromatic N) is 12. The maximum atomic E-state index is 14.2. The lowest BCUT2D eigenvalue weighted by Gasteiger charge is -2.32. The number of amides is 3. The summed E-state index contributed by atoms with van der Waals surface area (Å²) in [5.74, 6) is -4.03. The topological polar surface area (TPSA) is 294 Å². The van der Waals surface area contributed by atoms with Gasteiger partial charge in [0.2, 0.25) is 53.2 Å². The maximum Gasteiger partial charge on any atom is 0.417 e. The summed E-state index contributed by atoms with van der Waals surface area (Å²) in [4.78, 5) is 75.3. The van der Waals surface area contributed by atoms with Gasteiger partial charge in [0.1, 0.15) is 37.3 Å². The molecule has 0 radical (unpaired) electrons. The predicted molar refractivity (Wildman–Crippen MR) is 392 cm³/mol. The Labute approximate surface area is 646 Å². The Balaban J connectivity index is 0.000000178. The number of hydrogen-bond donors (Lipinski definition) is 5. The fraction of sp³-hybridized carbons (Fsp3) is 0.311. The molecule has 3 saturated heterocycles. The van der Waals surface area contributed by atoms with Crippen LogP contribution < -0.4 is 46.1 Å². The van der Waals surface area contributed by atoms with Crippen LogP contribution in [0.3, 0.4) is 0 Å². The number of alkyl halides is 9. The fourth-order valence-electron chi connectivity index (χ4n) is 11.3. The highest BCUT2D eigenvalue weighted by atomic mass is 32.2. The van der Waals surface area contributed by atoms with E-state index in [4.69, 9.17) is 31.4 Å². The Hall–Kier alpha value is -10.2. The van der Waals surface area contributed by atoms with E-state index in [0.29, 0.717) is 59.4 Å². The molecule has 112 heavy (non-hydrogen) atoms. The Kier molecular flexibility index (Phi) is 28.1. The van der Waals surface area contributed by atoms with E-state index in [0.717, 1.165) is 147 Å². The number of nitrogens with two attached hydrogens (primary N) is 3. The monoisotopic (exact) mass is 1620 g/mol. The number of piperazine rings is 3. The summed E-state index contributed by atoms with van der Waals surface area (Å²) in [7, 11) is 6.03. The molecular formula is C74H73F12N15O8S3. The molecule has 0 saturated carbocycles. The van der Waals surface area contributed by atoms with Crippen molar-refractivity contribution in [3.05, 3.63) is 213 Å². The molecule has 594 valence electrons. The van der Waals surface area contributed by atoms with Crippen molar-refractivity contribution in [1.29, 1.82) is 0 Å². The summed E-state index contributed by atoms with van der Waals surface area (Å²) >= 11 is 2.81. The van der Waals surface area contributed by atoms with E-state index in [2.05, 4.69) is 44.6 Å². The number of aromatic nitrogens is 6. The number of primary amides is 3. The molecule has 6 heterocycles. The number of carbonyl (C=O) groups is 3. The second-order valence-corrected chi connectivity index (χ2v) is 28.9. The molecule has 3 aliphatic heterocycles. The molecule has 23 nitrogen and oxygen atoms in total. The van der Waals surface area contributed by atoms with Gasteiger partial charge in [-0.2, -0.15) is 54.5 Å². The fourth-order valence-corrected chi connectivity index (χ4v) is 13.9. The smallest absolute Gasteiger partial charge is 0.417 e. The molecule has 0 aliphatic carbocycles. The number of halogens is 12. The zero-order chi connectivity index (χ0) is 80.8. The van der Waals surface area contributed by atoms with E-state index in [1.54, 1.807) is 18.2 Å². The third kappa shape index (κ3) is 22.8. The SMILES string of the molecule is CN1CCN(c2ncc(Sc3ccc(C(N)=O)c(C(F)(F)F)c3)c(OCc3ccc(F)c(CO)c3)n2)CC1.CN1CCN(c2ncc(Sc3ccc(C(N)=O)c(C(F)(F)F)c3)c(OCc3ccc(F)cc3F)n2)CC1.CN1CCN(c2ncc(Sc3ccc(C(N)=O)c(C(F)(F)F)c3)c(OCc3cccc(CO)c3)n2)CC1. The summed E-state index contributed by atoms with van der Waals surface area (Å²) in [5, 5.41) is 18.8. The molecule has 0 bridgehead atoms. The summed E-state index contributed by atoms with van der Waals surface area (Å²) < 4.78 is 181. The first kappa shape index (κ1) is 84.2. The van der Waals surface area contributed by atoms with Gasteiger partial charge in [-0.05, 0) is 117 Å². The lowest BCUT2D eigenvalue weighted by atomic mass is 10.1. The van der Waals surface area contributed by atoms with E-state index in [-0.39, 0.29) is 74.8 Å². The van der Waals surface area contributed by atoms with Crippen LogP contribution in [-0.2, 0) is 51.6 Å². The quantitative estimate of drug-likeness (QED) is 0.0372. The van der Waals surface area contributed by atoms with Gasteiger partial charge < -0.3 is 71.0 Å². The highest BCUT2D eigenvalue weighted by molar-refractivity contribution is 8.00. The van der Waals surface area contributed by atoms with Gasteiger partial charge in [-0.25, -0.2) is 28.1 Å². The molecule has 8 N–H and O–H groups in total. The number of aliphatic hydroxyl groups is 2. The van der Waals surface area contributed by atoms with Crippen LogP contribution >= 0.6 is 35.3 Å². The van der Waals surface area contributed by atoms with Crippen molar-refractivity contribution in [2.75, 3.05) is 114 Å². The van der Waals surface area contributed by atoms with Crippen LogP contribution in [0.25, 0.3) is 0 Å². The van der Waals surface area contributed by atoms with Crippen molar-refractivity contribution in [3.8, 4) is 17.6 Å². The molecule has 6 aromatic carbocycles. The highest BCUT2D eigenvalue weighted by Crippen LogP contribution is 2.44. The summed E-state index contributed by atoms with van der Waals surface area (Å²) in [6, 6.07) is 24.1. The van der Waals surface area contributed by atoms with Crippen molar-refractivity contribution in [2.24, 2.45) is 17.2 Å². The summed E-state index contributed by atoms with van der Waals surface area (Å²) in [5.41, 5.74) is 12.3. The first-order valence-corrected chi connectivity index (χ1v) is 36.5. The van der Waals surface area contributed by atoms with Crippen molar-refractivity contribution in [3.63, 3.8) is 0 Å². The third-order valence-corrected chi connectivity index (χ3v) is 20.4. The first-order chi connectivity index (χ1) is 53.2. The zero-order valence-electron chi connectivity index (χ0n) is 59.9. The Morgan fingerprint density at radius 1 is 0.411 bits per heavy atom. The van der Waals surface area contributed by atoms with Crippen molar-refractivity contribution in [1.82, 2.24) is 44.6 Å². The molecule has 12 rings (SSSR count). The number of hydrogen-bond acceptors (Lipinski definition) is 23. The molecule has 0 spiro atoms. The number of carbonyl (C=O) groups excluding carboxylic acids is 3. The van der Waals surface area contributed by atoms with Gasteiger partial charge in [0.15, 0.2) is 0 Å². The lowest BCUT2D eigenvalue weighted by molar-refractivity contribution is -0.138. The molecule has 3 amide bonds. The van der Waals surface area contributed by atoms with E-state index in [1.807, 2.05) is 41.9 Å². The van der Waals surface area contributed by atoms with Gasteiger partial charge in [0, 0.05) is 110 Å². The third-order valence-electron chi connectivity index (χ3n) is 17.4. The van der Waals surface area contributed by atoms with Gasteiger partial charge >= 0.3 is 18.5 Å². The lowest BCUT2D eigenvalue weighted by Crippen LogP contribution is -2.45. The molecule has 3 aromatic heterocycles. The average Bonchev–Trinajstić information content (AvgIpc) is 0.803. The molecule has 0 atom stereocenters. The molecule has 3 aliphatic rings. The number of ether oxygens (including phenoxy) is 3. The molecular weight excluding hydrogens is 1550 g/mol. The normalized spacial score (nSPS) is 14.6. The van der Waals surface area contributed by atoms with E-state index in [1.165, 1.54) is 61.1 Å². The van der Waals surface area contributed by atoms with E-state index < -0.39 is 93.7 Å². The van der Waals surface area contributed by atoms with Crippen LogP contribution in [0.15, 0.2) is 163 Å². The van der Waals surface area contributed by atoms with E-state index >= 15 is 0 Å². The van der Waals surface area contributed by atoms with Gasteiger partial charge in [-0.1, -0.05) is 65.6 Å². The second-order valence-electron chi connectivity index (χ2n) is 25.6. The van der Waals surface area contributed by atoms with Crippen molar-refractivity contribution in [2.45, 2.75) is 80.9 Å². The largest absolute Gasteiger partial charge is 0.472 e. The van der Waals surface area contributed by atoms with Crippen LogP contribution in [0.1, 0.15) is 75.6 Å². The average molecular weight is 1620 g/mol. The van der Waals surface area contributed by atoms with Gasteiger partial charge in [-0.3, -0.25) is 14.4 Å². The van der Waals surface area contributed by atoms with Crippen LogP contribution in [0, 0.1) is 17.5 Å². The maximum absolute atomic E-state index is 14.2. The Morgan fingerprint density at radius 2 is 0.768 bits per heavy atom. The number of likely N-dealkylation sites (N-methyl/N-ethyl adjacent to an activating group) is 3. The second kappa shape index (κ2) is 37.4. The molecule has 38 heteroatoms. The van der Waals surface area contributed by atoms with E-state index in [9.17, 15) is 77.3 Å². The molecule has 3 fully saturated rings. The minimum atomic E-state index is -4.80. The van der Waals surface area contributed by atoms with Crippen molar-refractivity contribution >= 4 is 70.9 Å². The number of rotatable bonds is 23. The zero-order valence-corrected chi connectivity index (χ0v) is 62.4. The van der Waals surface area contributed by atoms with Gasteiger partial charge in [0.05, 0.1) is 79.9 Å². The number of benzene rings is 6. The minimum absolute atomic E-state index is 0.0187. The van der Waals surface area contributed by atoms with Gasteiger partial charge in [0.25, 0.3) is 0 Å². The van der Waals surface area contributed by atoms with Crippen LogP contribution in [0.5, 0.6) is 17.6 Å². The standard InChI is InChI=1S/C25H25F4N5O3S.C25H26F3N5O3S.C24H22F5N5O2S/c1-33-6-8-34(9-7-33)24-31-12-21(23(32-24)37-14-15-2-5-20(26)16(10-15)13-35)38-17-3-4-18(22(30)36)19(11-17)25(27,28)29;1-32-7-9-33(10-8-32)24-30-13-21(23(31-24)36-15-17-4-2-3-16(11-17)14-34)37-18-5-6-19(22(29)35)20(12-18)25(26,27)28;1-33-6-8-34(9-7-33)23-31-12-20(22(32-23)36-13-14-2-3-15(25)10-19(14)26)37-16-4-5-17(21(30)35)18(11-16)24(27,28)29/h2-5,10-12,35H,6-9,13-14H2,1H3,(H2,30,36);2-6,11-13,34H,7-10,14-15H2,1H3,(H2,29,35);2-5,10-12H,6-9,13H2,1H3,(H2,30,35). The predicted octanol–water partition coefficient (Wildman–Crippen LogP) is 11.6. The van der Waals surface area contributed by atoms with Gasteiger partial charge in [-0.15, -0.1) is 0 Å². The summed E-state index contributed by atoms with van der Waals surface area (Å²) in [6.07, 6.45) is -9.92. The Bertz CT molecular complexity index is 4820. The number of anilines is 3. The summed E-state index contributed by atoms with van der Waals surface area (Å²) in [6.45, 7) is 8.20. The van der Waals surface area contributed by atoms with Crippen LogP contribution in [-0.4, -0.2) is 172 Å². The Morgan fingerprint density at radius 3 is 1.11 bits per heavy atom. The first-order valence-electron chi connectivity index (χ1n) is 34.1. The van der Waals surface area contributed by atoms with Crippen LogP contribution in [0.4, 0.5) is 70.5 Å². The highest BCUT2D eigenvalue weighted by Gasteiger charge is 2.38. The number of aliphatic hydroxyl groups excluding tert-OH is 2. The molecule has 0 unspecified atom stereocenters. The van der Waals surface area contributed by atoms with Crippen molar-refractivity contribution < 1.29 is 91.5 Å². The van der Waals surface area contributed by atoms with Crippen LogP contribution in [0.2, 0.25) is 0 Å². The molecule has 9 aromatic rings.